The van der Waals surface area contributed by atoms with Crippen molar-refractivity contribution in [3.63, 3.8) is 0 Å². The Bertz CT molecular complexity index is 3340. The monoisotopic (exact) mass is 1150 g/mol. The molecule has 3 fully saturated rings. The fourth-order valence-corrected chi connectivity index (χ4v) is 12.8. The highest BCUT2D eigenvalue weighted by Gasteiger charge is 2.53. The second-order valence-corrected chi connectivity index (χ2v) is 23.5. The first-order valence-corrected chi connectivity index (χ1v) is 28.4. The van der Waals surface area contributed by atoms with Gasteiger partial charge in [0.25, 0.3) is 11.7 Å². The lowest BCUT2D eigenvalue weighted by Crippen LogP contribution is -2.47. The molecule has 1 saturated carbocycles. The van der Waals surface area contributed by atoms with Gasteiger partial charge in [-0.25, -0.2) is 4.39 Å². The highest BCUT2D eigenvalue weighted by molar-refractivity contribution is 6.38. The lowest BCUT2D eigenvalue weighted by Gasteiger charge is -2.38. The van der Waals surface area contributed by atoms with Gasteiger partial charge in [0.15, 0.2) is 5.43 Å². The number of Topliss-reactive ketones (excluding diaryl/α,β-unsaturated/α-hetero) is 3. The van der Waals surface area contributed by atoms with Crippen LogP contribution in [0.15, 0.2) is 71.2 Å². The Labute approximate surface area is 480 Å². The van der Waals surface area contributed by atoms with Gasteiger partial charge >= 0.3 is 11.8 Å². The van der Waals surface area contributed by atoms with Crippen molar-refractivity contribution >= 4 is 63.2 Å². The molecule has 5 aliphatic heterocycles. The number of nitrogens with one attached hydrogen (secondary N) is 2. The number of phenols is 1. The van der Waals surface area contributed by atoms with Gasteiger partial charge in [-0.3, -0.25) is 28.8 Å². The van der Waals surface area contributed by atoms with Gasteiger partial charge < -0.3 is 64.4 Å². The van der Waals surface area contributed by atoms with Gasteiger partial charge in [0, 0.05) is 100 Å². The number of aliphatic hydroxyl groups excluding tert-OH is 3. The molecule has 19 nitrogen and oxygen atoms in total. The molecular formula is C61H73ClFN5O14. The van der Waals surface area contributed by atoms with Gasteiger partial charge in [0.05, 0.1) is 68.4 Å². The molecule has 2 aromatic carbocycles. The molecule has 82 heavy (non-hydrogen) atoms. The molecule has 1 unspecified atom stereocenters. The van der Waals surface area contributed by atoms with E-state index in [0.717, 1.165) is 12.8 Å². The number of hydrogen-bond donors (Lipinski definition) is 6. The highest BCUT2D eigenvalue weighted by Crippen LogP contribution is 2.50. The molecule has 6 heterocycles. The third-order valence-electron chi connectivity index (χ3n) is 17.5. The maximum absolute atomic E-state index is 16.1. The van der Waals surface area contributed by atoms with E-state index >= 15 is 14.0 Å². The number of carbonyl (C=O) groups excluding carboxylic acids is 5. The van der Waals surface area contributed by atoms with E-state index in [0.29, 0.717) is 44.4 Å². The minimum atomic E-state index is -2.14. The second kappa shape index (κ2) is 23.4. The average Bonchev–Trinajstić information content (AvgIpc) is 3.15. The average molecular weight is 1150 g/mol. The lowest BCUT2D eigenvalue weighted by molar-refractivity contribution is -0.160. The Kier molecular flexibility index (Phi) is 17.1. The zero-order valence-electron chi connectivity index (χ0n) is 47.6. The number of allylic oxidation sites excluding steroid dienone is 4. The van der Waals surface area contributed by atoms with E-state index in [1.165, 1.54) is 59.3 Å². The number of benzene rings is 2. The number of hydrogen-bond acceptors (Lipinski definition) is 17. The van der Waals surface area contributed by atoms with Crippen LogP contribution in [-0.4, -0.2) is 135 Å². The number of fused-ring (bicyclic) bond motifs is 15. The van der Waals surface area contributed by atoms with E-state index in [1.54, 1.807) is 50.9 Å². The molecule has 7 aliphatic rings. The van der Waals surface area contributed by atoms with Crippen molar-refractivity contribution in [1.82, 2.24) is 20.1 Å². The number of aliphatic hydroxyl groups is 3. The number of aromatic nitrogens is 1. The number of piperidine rings is 1. The molecule has 0 spiro atoms. The summed E-state index contributed by atoms with van der Waals surface area (Å²) in [5.74, 6) is -10.5. The molecule has 10 atom stereocenters. The maximum atomic E-state index is 16.1. The largest absolute Gasteiger partial charge is 0.508 e. The maximum Gasteiger partial charge on any atom is 0.312 e. The third kappa shape index (κ3) is 11.0. The lowest BCUT2D eigenvalue weighted by atomic mass is 9.78. The Morgan fingerprint density at radius 1 is 0.939 bits per heavy atom. The van der Waals surface area contributed by atoms with E-state index in [2.05, 4.69) is 17.2 Å². The molecule has 1 amide bonds. The number of halogens is 2. The molecule has 21 heteroatoms. The van der Waals surface area contributed by atoms with Crippen molar-refractivity contribution in [2.75, 3.05) is 44.7 Å². The van der Waals surface area contributed by atoms with E-state index in [4.69, 9.17) is 30.5 Å². The van der Waals surface area contributed by atoms with Crippen LogP contribution in [0.4, 0.5) is 10.1 Å². The predicted molar refractivity (Wildman–Crippen MR) is 304 cm³/mol. The summed E-state index contributed by atoms with van der Waals surface area (Å²) in [6, 6.07) is 1.18. The number of rotatable bonds is 9. The van der Waals surface area contributed by atoms with Crippen LogP contribution in [0.2, 0.25) is 5.02 Å². The van der Waals surface area contributed by atoms with Crippen LogP contribution in [0.25, 0.3) is 16.7 Å². The summed E-state index contributed by atoms with van der Waals surface area (Å²) in [6.07, 6.45) is 8.15. The Morgan fingerprint density at radius 3 is 2.27 bits per heavy atom. The smallest absolute Gasteiger partial charge is 0.312 e. The van der Waals surface area contributed by atoms with Crippen molar-refractivity contribution in [3.8, 4) is 11.5 Å². The number of phenolic OH excluding ortho intramolecular Hbond substituents is 1. The topological polar surface area (TPSA) is 256 Å². The van der Waals surface area contributed by atoms with Gasteiger partial charge in [0.2, 0.25) is 11.6 Å². The summed E-state index contributed by atoms with van der Waals surface area (Å²) >= 11 is 7.02. The fourth-order valence-electron chi connectivity index (χ4n) is 12.4. The molecule has 2 aliphatic carbocycles. The number of carbonyl (C=O) groups is 5. The van der Waals surface area contributed by atoms with Crippen molar-refractivity contribution in [1.29, 1.82) is 0 Å². The zero-order valence-corrected chi connectivity index (χ0v) is 48.4. The summed E-state index contributed by atoms with van der Waals surface area (Å²) in [5.41, 5.74) is -1.62. The van der Waals surface area contributed by atoms with Crippen molar-refractivity contribution < 1.29 is 67.7 Å². The highest BCUT2D eigenvalue weighted by atomic mass is 35.5. The van der Waals surface area contributed by atoms with Gasteiger partial charge in [-0.15, -0.1) is 0 Å². The van der Waals surface area contributed by atoms with Gasteiger partial charge in [-0.1, -0.05) is 64.1 Å². The summed E-state index contributed by atoms with van der Waals surface area (Å²) in [7, 11) is 1.42. The van der Waals surface area contributed by atoms with Crippen LogP contribution < -0.4 is 25.7 Å². The Balaban J connectivity index is 0.989. The minimum Gasteiger partial charge on any atom is -0.508 e. The Hall–Kier alpha value is -6.84. The van der Waals surface area contributed by atoms with Crippen LogP contribution in [0.5, 0.6) is 11.5 Å². The van der Waals surface area contributed by atoms with E-state index in [9.17, 15) is 39.6 Å². The minimum absolute atomic E-state index is 0.00565. The molecule has 1 aromatic heterocycles. The molecule has 6 N–H and O–H groups in total. The molecule has 3 aromatic rings. The number of likely N-dealkylation sites (tertiary alicyclic amines) is 1. The van der Waals surface area contributed by atoms with Crippen LogP contribution in [0.3, 0.4) is 0 Å². The first kappa shape index (κ1) is 59.8. The van der Waals surface area contributed by atoms with Crippen molar-refractivity contribution in [2.45, 2.75) is 130 Å². The fraction of sp³-hybridized carbons (Fsp3) is 0.508. The van der Waals surface area contributed by atoms with E-state index in [1.807, 2.05) is 9.47 Å². The van der Waals surface area contributed by atoms with Crippen LogP contribution in [-0.2, 0) is 23.8 Å². The standard InChI is InChI=1S/C61H73ClFN5O14/c1-28-12-11-13-29(2)60(78)65-47-50(66-21-17-37(18-22-66)64-25-36-16-20-67(26-36)49-41(63)24-39-48(46(49)62)68(38-14-15-38)27-40(34(7)69)54(39)74)56(76)43-44(55(47)75)53(73)33(6)58-45(43)59(77)61(9,82-58)80-23-19-42(79-10)30(3)57(81-35(8)70)32(5)52(72)31(4)51(28)71/h11-13,19,23-24,27-28,30-32,36-38,42,51-52,57,64,69,71-73H,7,14-18,20-22,25-26H2,1-6,8-10H3,(H,65,78)/b12-11+,23-19+,29-13-/t28-,30+,31+,32+,36?,42-,51-,52+,57+,61-/m0/s1. The quantitative estimate of drug-likeness (QED) is 0.0895. The summed E-state index contributed by atoms with van der Waals surface area (Å²) in [6.45, 7) is 17.8. The SMILES string of the molecule is C=C(O)c1cn(C2CC2)c2c(Cl)c(N3CCC(CNC4CCN(C5=C6NC(=O)/C(C)=C\C=C\[C@H](C)[C@H](O)[C@@H](C)[C@@H](O)[C@@H](C)[C@H](OC(C)=O)[C@H](C)[C@@H](OC)/C=C/O[C@@]7(C)Oc8c(C)c(O)c(c(c8C7=O)C5=O)C6=O)CC4)C3)c(F)cc2c1=O. The van der Waals surface area contributed by atoms with Gasteiger partial charge in [-0.05, 0) is 70.6 Å². The number of nitrogens with zero attached hydrogens (tertiary/aromatic N) is 3. The molecule has 2 saturated heterocycles. The molecule has 0 radical (unpaired) electrons. The predicted octanol–water partition coefficient (Wildman–Crippen LogP) is 7.51. The number of amides is 1. The molecule has 440 valence electrons. The van der Waals surface area contributed by atoms with Gasteiger partial charge in [0.1, 0.15) is 40.6 Å². The van der Waals surface area contributed by atoms with Crippen molar-refractivity contribution in [2.24, 2.45) is 29.6 Å². The number of ether oxygens (including phenoxy) is 4. The van der Waals surface area contributed by atoms with Crippen molar-refractivity contribution in [3.05, 3.63) is 115 Å². The number of aromatic hydroxyl groups is 1. The molecular weight excluding hydrogens is 1080 g/mol. The van der Waals surface area contributed by atoms with Crippen LogP contribution in [0, 0.1) is 42.3 Å². The van der Waals surface area contributed by atoms with Crippen LogP contribution >= 0.6 is 11.6 Å². The second-order valence-electron chi connectivity index (χ2n) is 23.2. The summed E-state index contributed by atoms with van der Waals surface area (Å²) in [4.78, 5) is 88.8. The number of anilines is 1. The normalized spacial score (nSPS) is 30.0. The third-order valence-corrected chi connectivity index (χ3v) is 17.8. The first-order valence-electron chi connectivity index (χ1n) is 28.0. The van der Waals surface area contributed by atoms with Gasteiger partial charge in [-0.2, -0.15) is 0 Å². The summed E-state index contributed by atoms with van der Waals surface area (Å²) < 4.78 is 41.8. The summed E-state index contributed by atoms with van der Waals surface area (Å²) in [5, 5.41) is 51.7. The van der Waals surface area contributed by atoms with Crippen LogP contribution in [0.1, 0.15) is 129 Å². The molecule has 5 bridgehead atoms. The number of methoxy groups -OCH3 is 1. The first-order chi connectivity index (χ1) is 38.8. The number of pyridine rings is 1. The number of ketones is 3. The van der Waals surface area contributed by atoms with E-state index < -0.39 is 123 Å². The van der Waals surface area contributed by atoms with E-state index in [-0.39, 0.29) is 80.9 Å². The molecule has 10 rings (SSSR count). The number of esters is 1. The zero-order chi connectivity index (χ0) is 59.5. The Morgan fingerprint density at radius 2 is 1.62 bits per heavy atom.